The van der Waals surface area contributed by atoms with Crippen molar-refractivity contribution in [2.24, 2.45) is 0 Å². The first-order valence-electron chi connectivity index (χ1n) is 11.1. The molecule has 8 heteroatoms. The Kier molecular flexibility index (Phi) is 5.95. The van der Waals surface area contributed by atoms with Crippen molar-refractivity contribution < 1.29 is 13.9 Å². The molecule has 7 nitrogen and oxygen atoms in total. The Morgan fingerprint density at radius 3 is 2.44 bits per heavy atom. The van der Waals surface area contributed by atoms with Crippen LogP contribution in [0.3, 0.4) is 0 Å². The van der Waals surface area contributed by atoms with Crippen LogP contribution in [0.1, 0.15) is 10.5 Å². The molecule has 0 radical (unpaired) electrons. The number of rotatable bonds is 5. The predicted molar refractivity (Wildman–Crippen MR) is 128 cm³/mol. The first-order valence-corrected chi connectivity index (χ1v) is 11.1. The molecule has 2 aromatic carbocycles. The van der Waals surface area contributed by atoms with Gasteiger partial charge in [0.05, 0.1) is 18.5 Å². The summed E-state index contributed by atoms with van der Waals surface area (Å²) in [6.07, 6.45) is 3.41. The van der Waals surface area contributed by atoms with Gasteiger partial charge in [0.25, 0.3) is 5.91 Å². The van der Waals surface area contributed by atoms with E-state index in [0.717, 1.165) is 22.7 Å². The second kappa shape index (κ2) is 9.35. The molecule has 0 bridgehead atoms. The van der Waals surface area contributed by atoms with Gasteiger partial charge in [-0.2, -0.15) is 5.10 Å². The van der Waals surface area contributed by atoms with E-state index in [0.29, 0.717) is 37.6 Å². The molecule has 3 heterocycles. The number of ether oxygens (including phenoxy) is 1. The van der Waals surface area contributed by atoms with Crippen LogP contribution in [0.2, 0.25) is 0 Å². The molecule has 0 spiro atoms. The molecule has 1 fully saturated rings. The van der Waals surface area contributed by atoms with Gasteiger partial charge in [-0.25, -0.2) is 9.07 Å². The van der Waals surface area contributed by atoms with E-state index in [2.05, 4.69) is 15.0 Å². The lowest BCUT2D eigenvalue weighted by atomic mass is 10.2. The monoisotopic (exact) mass is 457 g/mol. The normalized spacial score (nSPS) is 13.7. The Morgan fingerprint density at radius 2 is 1.74 bits per heavy atom. The lowest BCUT2D eigenvalue weighted by Crippen LogP contribution is -2.48. The number of piperazine rings is 1. The fourth-order valence-electron chi connectivity index (χ4n) is 4.12. The van der Waals surface area contributed by atoms with Crippen molar-refractivity contribution in [3.63, 3.8) is 0 Å². The topological polar surface area (TPSA) is 63.5 Å². The van der Waals surface area contributed by atoms with E-state index < -0.39 is 0 Å². The molecule has 34 heavy (non-hydrogen) atoms. The number of hydrogen-bond donors (Lipinski definition) is 0. The molecule has 1 aliphatic rings. The molecule has 1 amide bonds. The average molecular weight is 458 g/mol. The molecule has 0 saturated carbocycles. The van der Waals surface area contributed by atoms with E-state index in [1.54, 1.807) is 42.4 Å². The maximum Gasteiger partial charge on any atom is 0.274 e. The Hall–Kier alpha value is -4.20. The number of anilines is 1. The highest BCUT2D eigenvalue weighted by atomic mass is 19.1. The number of amides is 1. The third-order valence-corrected chi connectivity index (χ3v) is 5.94. The van der Waals surface area contributed by atoms with E-state index in [1.165, 1.54) is 12.1 Å². The number of pyridine rings is 1. The fourth-order valence-corrected chi connectivity index (χ4v) is 4.12. The minimum Gasteiger partial charge on any atom is -0.497 e. The first kappa shape index (κ1) is 21.6. The molecule has 2 aromatic heterocycles. The third kappa shape index (κ3) is 4.34. The summed E-state index contributed by atoms with van der Waals surface area (Å²) in [5, 5.41) is 4.61. The van der Waals surface area contributed by atoms with Gasteiger partial charge in [-0.05, 0) is 54.6 Å². The van der Waals surface area contributed by atoms with Crippen LogP contribution in [-0.2, 0) is 0 Å². The fraction of sp³-hybridized carbons (Fsp3) is 0.192. The molecule has 0 atom stereocenters. The number of carbonyl (C=O) groups excluding carboxylic acids is 1. The number of methoxy groups -OCH3 is 1. The molecule has 0 unspecified atom stereocenters. The van der Waals surface area contributed by atoms with Gasteiger partial charge in [0.15, 0.2) is 5.69 Å². The van der Waals surface area contributed by atoms with Crippen LogP contribution in [0, 0.1) is 5.82 Å². The molecule has 1 saturated heterocycles. The smallest absolute Gasteiger partial charge is 0.274 e. The van der Waals surface area contributed by atoms with Crippen LogP contribution in [0.15, 0.2) is 79.1 Å². The summed E-state index contributed by atoms with van der Waals surface area (Å²) in [5.41, 5.74) is 3.63. The number of benzene rings is 2. The highest BCUT2D eigenvalue weighted by Gasteiger charge is 2.26. The maximum absolute atomic E-state index is 13.5. The molecular formula is C26H24FN5O2. The van der Waals surface area contributed by atoms with Crippen molar-refractivity contribution in [3.05, 3.63) is 90.6 Å². The Labute approximate surface area is 197 Å². The summed E-state index contributed by atoms with van der Waals surface area (Å²) >= 11 is 0. The van der Waals surface area contributed by atoms with Gasteiger partial charge < -0.3 is 14.5 Å². The summed E-state index contributed by atoms with van der Waals surface area (Å²) in [6.45, 7) is 2.60. The minimum absolute atomic E-state index is 0.128. The van der Waals surface area contributed by atoms with Gasteiger partial charge in [-0.1, -0.05) is 6.07 Å². The highest BCUT2D eigenvalue weighted by molar-refractivity contribution is 5.94. The number of halogens is 1. The highest BCUT2D eigenvalue weighted by Crippen LogP contribution is 2.26. The molecule has 1 aliphatic heterocycles. The van der Waals surface area contributed by atoms with Crippen LogP contribution in [0.5, 0.6) is 5.75 Å². The standard InChI is InChI=1S/C26H24FN5O2/c1-34-23-6-2-5-22(16-23)30-12-14-31(15-13-30)26(33)24-17-25(19-4-3-11-28-18-19)32(29-24)21-9-7-20(27)8-10-21/h2-11,16-18H,12-15H2,1H3. The van der Waals surface area contributed by atoms with E-state index in [1.807, 2.05) is 41.3 Å². The molecule has 4 aromatic rings. The van der Waals surface area contributed by atoms with Crippen LogP contribution in [0.4, 0.5) is 10.1 Å². The lowest BCUT2D eigenvalue weighted by molar-refractivity contribution is 0.0740. The van der Waals surface area contributed by atoms with E-state index >= 15 is 0 Å². The van der Waals surface area contributed by atoms with Crippen LogP contribution in [0.25, 0.3) is 16.9 Å². The second-order valence-corrected chi connectivity index (χ2v) is 8.03. The molecule has 0 N–H and O–H groups in total. The van der Waals surface area contributed by atoms with Gasteiger partial charge in [0.2, 0.25) is 0 Å². The van der Waals surface area contributed by atoms with Crippen molar-refractivity contribution in [2.45, 2.75) is 0 Å². The van der Waals surface area contributed by atoms with Crippen molar-refractivity contribution in [1.82, 2.24) is 19.7 Å². The number of nitrogens with zero attached hydrogens (tertiary/aromatic N) is 5. The number of carbonyl (C=O) groups is 1. The Bertz CT molecular complexity index is 1280. The molecule has 5 rings (SSSR count). The summed E-state index contributed by atoms with van der Waals surface area (Å²) in [7, 11) is 1.65. The van der Waals surface area contributed by atoms with Crippen molar-refractivity contribution in [1.29, 1.82) is 0 Å². The molecule has 172 valence electrons. The SMILES string of the molecule is COc1cccc(N2CCN(C(=O)c3cc(-c4cccnc4)n(-c4ccc(F)cc4)n3)CC2)c1. The third-order valence-electron chi connectivity index (χ3n) is 5.94. The predicted octanol–water partition coefficient (Wildman–Crippen LogP) is 4.04. The van der Waals surface area contributed by atoms with Crippen LogP contribution in [-0.4, -0.2) is 58.9 Å². The zero-order valence-corrected chi connectivity index (χ0v) is 18.8. The maximum atomic E-state index is 13.5. The van der Waals surface area contributed by atoms with Crippen molar-refractivity contribution >= 4 is 11.6 Å². The Balaban J connectivity index is 1.38. The Morgan fingerprint density at radius 1 is 0.941 bits per heavy atom. The zero-order chi connectivity index (χ0) is 23.5. The minimum atomic E-state index is -0.330. The van der Waals surface area contributed by atoms with Crippen molar-refractivity contribution in [3.8, 4) is 22.7 Å². The van der Waals surface area contributed by atoms with Gasteiger partial charge >= 0.3 is 0 Å². The van der Waals surface area contributed by atoms with Gasteiger partial charge in [0.1, 0.15) is 11.6 Å². The summed E-state index contributed by atoms with van der Waals surface area (Å²) in [6, 6.07) is 19.5. The zero-order valence-electron chi connectivity index (χ0n) is 18.8. The summed E-state index contributed by atoms with van der Waals surface area (Å²) < 4.78 is 20.5. The van der Waals surface area contributed by atoms with Gasteiger partial charge in [-0.3, -0.25) is 9.78 Å². The number of aromatic nitrogens is 3. The summed E-state index contributed by atoms with van der Waals surface area (Å²) in [4.78, 5) is 21.6. The largest absolute Gasteiger partial charge is 0.497 e. The quantitative estimate of drug-likeness (QED) is 0.453. The first-order chi connectivity index (χ1) is 16.6. The van der Waals surface area contributed by atoms with E-state index in [4.69, 9.17) is 4.74 Å². The lowest BCUT2D eigenvalue weighted by Gasteiger charge is -2.35. The van der Waals surface area contributed by atoms with Crippen LogP contribution >= 0.6 is 0 Å². The van der Waals surface area contributed by atoms with E-state index in [-0.39, 0.29) is 11.7 Å². The molecular weight excluding hydrogens is 433 g/mol. The summed E-state index contributed by atoms with van der Waals surface area (Å²) in [5.74, 6) is 0.352. The van der Waals surface area contributed by atoms with Gasteiger partial charge in [0, 0.05) is 55.9 Å². The van der Waals surface area contributed by atoms with E-state index in [9.17, 15) is 9.18 Å². The average Bonchev–Trinajstić information content (AvgIpc) is 3.35. The molecule has 0 aliphatic carbocycles. The van der Waals surface area contributed by atoms with Crippen LogP contribution < -0.4 is 9.64 Å². The second-order valence-electron chi connectivity index (χ2n) is 8.03. The number of hydrogen-bond acceptors (Lipinski definition) is 5. The van der Waals surface area contributed by atoms with Crippen molar-refractivity contribution in [2.75, 3.05) is 38.2 Å². The van der Waals surface area contributed by atoms with Gasteiger partial charge in [-0.15, -0.1) is 0 Å².